The maximum atomic E-state index is 12.7. The van der Waals surface area contributed by atoms with Gasteiger partial charge in [0.2, 0.25) is 5.76 Å². The largest absolute Gasteiger partial charge is 0.450 e. The first-order valence-electron chi connectivity index (χ1n) is 11.2. The molecule has 1 saturated heterocycles. The van der Waals surface area contributed by atoms with E-state index in [-0.39, 0.29) is 24.9 Å². The van der Waals surface area contributed by atoms with Crippen LogP contribution >= 0.6 is 0 Å². The van der Waals surface area contributed by atoms with Gasteiger partial charge in [0.25, 0.3) is 5.91 Å². The van der Waals surface area contributed by atoms with Crippen molar-refractivity contribution in [2.24, 2.45) is 5.92 Å². The first kappa shape index (κ1) is 22.1. The number of carbonyl (C=O) groups excluding carboxylic acids is 2. The summed E-state index contributed by atoms with van der Waals surface area (Å²) in [5.74, 6) is -0.128. The van der Waals surface area contributed by atoms with Gasteiger partial charge in [0.15, 0.2) is 6.61 Å². The quantitative estimate of drug-likeness (QED) is 0.484. The van der Waals surface area contributed by atoms with Gasteiger partial charge in [-0.1, -0.05) is 48.5 Å². The third-order valence-corrected chi connectivity index (χ3v) is 6.00. The molecule has 0 spiro atoms. The Bertz CT molecular complexity index is 1050. The van der Waals surface area contributed by atoms with E-state index in [1.54, 1.807) is 11.0 Å². The number of hydrogen-bond donors (Lipinski definition) is 0. The lowest BCUT2D eigenvalue weighted by Gasteiger charge is -2.32. The van der Waals surface area contributed by atoms with Gasteiger partial charge in [-0.05, 0) is 43.7 Å². The number of nitrogens with zero attached hydrogens (tertiary/aromatic N) is 1. The number of likely N-dealkylation sites (tertiary alicyclic amines) is 1. The molecular formula is C26H29NO5. The molecule has 6 heteroatoms. The number of fused-ring (bicyclic) bond motifs is 1. The fourth-order valence-electron chi connectivity index (χ4n) is 4.23. The van der Waals surface area contributed by atoms with Gasteiger partial charge < -0.3 is 18.8 Å². The number of furan rings is 1. The van der Waals surface area contributed by atoms with E-state index in [0.717, 1.165) is 24.6 Å². The smallest absolute Gasteiger partial charge is 0.375 e. The van der Waals surface area contributed by atoms with Crippen LogP contribution in [-0.4, -0.2) is 43.1 Å². The Morgan fingerprint density at radius 1 is 1.03 bits per heavy atom. The second kappa shape index (κ2) is 10.5. The molecule has 1 aromatic heterocycles. The molecule has 2 aromatic carbocycles. The van der Waals surface area contributed by atoms with Gasteiger partial charge in [0.1, 0.15) is 5.58 Å². The Morgan fingerprint density at radius 2 is 1.75 bits per heavy atom. The van der Waals surface area contributed by atoms with E-state index in [2.05, 4.69) is 24.3 Å². The molecule has 1 aliphatic rings. The maximum Gasteiger partial charge on any atom is 0.375 e. The SMILES string of the molecule is CCOCc1c(C(=O)OCC(=O)N2CCC(Cc3ccccc3)CC2)oc2ccccc12. The maximum absolute atomic E-state index is 12.7. The van der Waals surface area contributed by atoms with Crippen molar-refractivity contribution in [2.75, 3.05) is 26.3 Å². The van der Waals surface area contributed by atoms with Crippen molar-refractivity contribution in [1.82, 2.24) is 4.90 Å². The van der Waals surface area contributed by atoms with E-state index < -0.39 is 5.97 Å². The zero-order valence-electron chi connectivity index (χ0n) is 18.4. The van der Waals surface area contributed by atoms with Crippen LogP contribution in [-0.2, 0) is 27.3 Å². The van der Waals surface area contributed by atoms with E-state index in [1.165, 1.54) is 5.56 Å². The van der Waals surface area contributed by atoms with Gasteiger partial charge >= 0.3 is 5.97 Å². The Labute approximate surface area is 188 Å². The first-order chi connectivity index (χ1) is 15.7. The molecule has 4 rings (SSSR count). The molecule has 3 aromatic rings. The summed E-state index contributed by atoms with van der Waals surface area (Å²) in [7, 11) is 0. The summed E-state index contributed by atoms with van der Waals surface area (Å²) in [5, 5.41) is 0.819. The average molecular weight is 436 g/mol. The van der Waals surface area contributed by atoms with Crippen molar-refractivity contribution in [2.45, 2.75) is 32.8 Å². The molecule has 2 heterocycles. The van der Waals surface area contributed by atoms with Gasteiger partial charge in [-0.25, -0.2) is 4.79 Å². The standard InChI is InChI=1S/C26H29NO5/c1-2-30-17-22-21-10-6-7-11-23(21)32-25(22)26(29)31-18-24(28)27-14-12-20(13-15-27)16-19-8-4-3-5-9-19/h3-11,20H,2,12-18H2,1H3. The Hall–Kier alpha value is -3.12. The minimum atomic E-state index is -0.636. The lowest BCUT2D eigenvalue weighted by molar-refractivity contribution is -0.136. The topological polar surface area (TPSA) is 69.0 Å². The third kappa shape index (κ3) is 5.19. The van der Waals surface area contributed by atoms with E-state index >= 15 is 0 Å². The molecule has 6 nitrogen and oxygen atoms in total. The lowest BCUT2D eigenvalue weighted by atomic mass is 9.90. The monoisotopic (exact) mass is 435 g/mol. The summed E-state index contributed by atoms with van der Waals surface area (Å²) < 4.78 is 16.6. The van der Waals surface area contributed by atoms with Crippen LogP contribution in [0.3, 0.4) is 0 Å². The van der Waals surface area contributed by atoms with Gasteiger partial charge in [-0.3, -0.25) is 4.79 Å². The number of amides is 1. The molecule has 0 unspecified atom stereocenters. The molecular weight excluding hydrogens is 406 g/mol. The highest BCUT2D eigenvalue weighted by Crippen LogP contribution is 2.27. The summed E-state index contributed by atoms with van der Waals surface area (Å²) in [4.78, 5) is 27.1. The summed E-state index contributed by atoms with van der Waals surface area (Å²) in [6.45, 7) is 3.75. The van der Waals surface area contributed by atoms with E-state index in [4.69, 9.17) is 13.9 Å². The van der Waals surface area contributed by atoms with Crippen molar-refractivity contribution >= 4 is 22.8 Å². The van der Waals surface area contributed by atoms with Crippen molar-refractivity contribution in [3.8, 4) is 0 Å². The van der Waals surface area contributed by atoms with Crippen LogP contribution in [0.4, 0.5) is 0 Å². The predicted molar refractivity (Wildman–Crippen MR) is 121 cm³/mol. The molecule has 0 atom stereocenters. The molecule has 32 heavy (non-hydrogen) atoms. The van der Waals surface area contributed by atoms with Crippen LogP contribution in [0.5, 0.6) is 0 Å². The number of ether oxygens (including phenoxy) is 2. The molecule has 168 valence electrons. The second-order valence-corrected chi connectivity index (χ2v) is 8.13. The van der Waals surface area contributed by atoms with E-state index in [0.29, 0.717) is 36.8 Å². The van der Waals surface area contributed by atoms with Crippen molar-refractivity contribution in [3.63, 3.8) is 0 Å². The summed E-state index contributed by atoms with van der Waals surface area (Å²) in [6.07, 6.45) is 2.94. The fraction of sp³-hybridized carbons (Fsp3) is 0.385. The molecule has 0 bridgehead atoms. The molecule has 0 radical (unpaired) electrons. The first-order valence-corrected chi connectivity index (χ1v) is 11.2. The zero-order chi connectivity index (χ0) is 22.3. The van der Waals surface area contributed by atoms with Gasteiger partial charge in [0, 0.05) is 30.6 Å². The normalized spacial score (nSPS) is 14.6. The Balaban J connectivity index is 1.31. The van der Waals surface area contributed by atoms with Crippen LogP contribution in [0.15, 0.2) is 59.0 Å². The van der Waals surface area contributed by atoms with Gasteiger partial charge in [-0.2, -0.15) is 0 Å². The Morgan fingerprint density at radius 3 is 2.50 bits per heavy atom. The number of hydrogen-bond acceptors (Lipinski definition) is 5. The minimum absolute atomic E-state index is 0.106. The molecule has 1 amide bonds. The van der Waals surface area contributed by atoms with E-state index in [1.807, 2.05) is 31.2 Å². The number of rotatable bonds is 8. The third-order valence-electron chi connectivity index (χ3n) is 6.00. The molecule has 1 fully saturated rings. The van der Waals surface area contributed by atoms with Crippen LogP contribution in [0.2, 0.25) is 0 Å². The molecule has 1 aliphatic heterocycles. The summed E-state index contributed by atoms with van der Waals surface area (Å²) in [5.41, 5.74) is 2.59. The van der Waals surface area contributed by atoms with E-state index in [9.17, 15) is 9.59 Å². The van der Waals surface area contributed by atoms with Gasteiger partial charge in [0.05, 0.1) is 6.61 Å². The highest BCUT2D eigenvalue weighted by atomic mass is 16.5. The van der Waals surface area contributed by atoms with Crippen LogP contribution in [0.1, 0.15) is 41.4 Å². The summed E-state index contributed by atoms with van der Waals surface area (Å²) in [6, 6.07) is 17.8. The highest BCUT2D eigenvalue weighted by Gasteiger charge is 2.26. The van der Waals surface area contributed by atoms with Crippen molar-refractivity contribution in [1.29, 1.82) is 0 Å². The molecule has 0 aliphatic carbocycles. The number of carbonyl (C=O) groups is 2. The number of benzene rings is 2. The second-order valence-electron chi connectivity index (χ2n) is 8.13. The highest BCUT2D eigenvalue weighted by molar-refractivity contribution is 5.96. The fourth-order valence-corrected chi connectivity index (χ4v) is 4.23. The molecule has 0 N–H and O–H groups in total. The minimum Gasteiger partial charge on any atom is -0.450 e. The van der Waals surface area contributed by atoms with Crippen LogP contribution < -0.4 is 0 Å². The van der Waals surface area contributed by atoms with Gasteiger partial charge in [-0.15, -0.1) is 0 Å². The number of esters is 1. The lowest BCUT2D eigenvalue weighted by Crippen LogP contribution is -2.41. The van der Waals surface area contributed by atoms with Crippen LogP contribution in [0.25, 0.3) is 11.0 Å². The predicted octanol–water partition coefficient (Wildman–Crippen LogP) is 4.61. The van der Waals surface area contributed by atoms with Crippen molar-refractivity contribution < 1.29 is 23.5 Å². The zero-order valence-corrected chi connectivity index (χ0v) is 18.4. The van der Waals surface area contributed by atoms with Crippen LogP contribution in [0, 0.1) is 5.92 Å². The Kier molecular flexibility index (Phi) is 7.22. The summed E-state index contributed by atoms with van der Waals surface area (Å²) >= 11 is 0. The average Bonchev–Trinajstić information content (AvgIpc) is 3.21. The number of para-hydroxylation sites is 1. The number of piperidine rings is 1. The van der Waals surface area contributed by atoms with Crippen molar-refractivity contribution in [3.05, 3.63) is 71.5 Å². The molecule has 0 saturated carbocycles.